The number of rotatable bonds is 11. The first kappa shape index (κ1) is 31.2. The van der Waals surface area contributed by atoms with Gasteiger partial charge in [-0.25, -0.2) is 0 Å². The second kappa shape index (κ2) is 14.5. The summed E-state index contributed by atoms with van der Waals surface area (Å²) in [4.78, 5) is 29.8. The number of para-hydroxylation sites is 2. The molecule has 2 aromatic rings. The summed E-state index contributed by atoms with van der Waals surface area (Å²) in [6.45, 7) is 15.5. The highest BCUT2D eigenvalue weighted by atomic mass is 16.2. The Bertz CT molecular complexity index is 1150. The molecule has 0 aliphatic carbocycles. The Morgan fingerprint density at radius 2 is 1.34 bits per heavy atom. The highest BCUT2D eigenvalue weighted by molar-refractivity contribution is 5.96. The van der Waals surface area contributed by atoms with E-state index in [1.165, 1.54) is 6.42 Å². The molecule has 0 aromatic heterocycles. The van der Waals surface area contributed by atoms with Crippen molar-refractivity contribution in [3.05, 3.63) is 58.7 Å². The van der Waals surface area contributed by atoms with Crippen LogP contribution in [0.1, 0.15) is 87.0 Å². The SMILES string of the molecule is CCCC[N+]1(CCCN2CCCCC2C(=O)Nc2c(C)cccc2C)CCCCC1C(=O)Nc1c(C)cccc1C. The van der Waals surface area contributed by atoms with Crippen LogP contribution < -0.4 is 10.6 Å². The van der Waals surface area contributed by atoms with E-state index in [1.54, 1.807) is 0 Å². The molecule has 0 bridgehead atoms. The Balaban J connectivity index is 1.45. The fourth-order valence-electron chi connectivity index (χ4n) is 7.27. The molecule has 2 aliphatic rings. The zero-order valence-corrected chi connectivity index (χ0v) is 26.2. The molecule has 3 atom stereocenters. The van der Waals surface area contributed by atoms with E-state index in [1.807, 2.05) is 6.07 Å². The molecule has 2 amide bonds. The molecule has 2 aliphatic heterocycles. The van der Waals surface area contributed by atoms with Crippen LogP contribution in [-0.2, 0) is 9.59 Å². The van der Waals surface area contributed by atoms with Gasteiger partial charge in [0.15, 0.2) is 6.04 Å². The maximum Gasteiger partial charge on any atom is 0.282 e. The number of carbonyl (C=O) groups excluding carboxylic acids is 2. The topological polar surface area (TPSA) is 61.4 Å². The Labute approximate surface area is 248 Å². The van der Waals surface area contributed by atoms with Crippen molar-refractivity contribution in [3.63, 3.8) is 0 Å². The molecule has 224 valence electrons. The summed E-state index contributed by atoms with van der Waals surface area (Å²) in [5, 5.41) is 6.63. The molecule has 2 N–H and O–H groups in total. The van der Waals surface area contributed by atoms with E-state index >= 15 is 0 Å². The number of anilines is 2. The van der Waals surface area contributed by atoms with Gasteiger partial charge in [0, 0.05) is 30.8 Å². The fourth-order valence-corrected chi connectivity index (χ4v) is 7.27. The average Bonchev–Trinajstić information content (AvgIpc) is 2.96. The lowest BCUT2D eigenvalue weighted by molar-refractivity contribution is -0.947. The molecular formula is C35H53N4O2+. The van der Waals surface area contributed by atoms with E-state index < -0.39 is 0 Å². The average molecular weight is 562 g/mol. The molecule has 41 heavy (non-hydrogen) atoms. The van der Waals surface area contributed by atoms with Crippen LogP contribution in [0.25, 0.3) is 0 Å². The number of benzene rings is 2. The minimum atomic E-state index is -0.0867. The zero-order valence-electron chi connectivity index (χ0n) is 26.2. The predicted molar refractivity (Wildman–Crippen MR) is 170 cm³/mol. The van der Waals surface area contributed by atoms with Crippen LogP contribution in [0.3, 0.4) is 0 Å². The molecule has 6 heteroatoms. The van der Waals surface area contributed by atoms with Crippen molar-refractivity contribution in [3.8, 4) is 0 Å². The summed E-state index contributed by atoms with van der Waals surface area (Å²) in [5.41, 5.74) is 6.39. The van der Waals surface area contributed by atoms with Gasteiger partial charge >= 0.3 is 0 Å². The summed E-state index contributed by atoms with van der Waals surface area (Å²) < 4.78 is 0.887. The molecule has 3 unspecified atom stereocenters. The molecule has 2 heterocycles. The van der Waals surface area contributed by atoms with Gasteiger partial charge in [-0.3, -0.25) is 14.5 Å². The van der Waals surface area contributed by atoms with Gasteiger partial charge in [-0.05, 0) is 88.6 Å². The first-order chi connectivity index (χ1) is 19.8. The molecule has 2 saturated heterocycles. The Morgan fingerprint density at radius 1 is 0.780 bits per heavy atom. The minimum Gasteiger partial charge on any atom is -0.324 e. The molecule has 0 saturated carbocycles. The van der Waals surface area contributed by atoms with Gasteiger partial charge in [0.2, 0.25) is 5.91 Å². The molecule has 0 radical (unpaired) electrons. The van der Waals surface area contributed by atoms with Crippen LogP contribution in [0.5, 0.6) is 0 Å². The largest absolute Gasteiger partial charge is 0.324 e. The number of nitrogens with one attached hydrogen (secondary N) is 2. The lowest BCUT2D eigenvalue weighted by atomic mass is 9.95. The number of nitrogens with zero attached hydrogens (tertiary/aromatic N) is 2. The number of hydrogen-bond acceptors (Lipinski definition) is 3. The highest BCUT2D eigenvalue weighted by Gasteiger charge is 2.43. The zero-order chi connectivity index (χ0) is 29.4. The molecular weight excluding hydrogens is 508 g/mol. The molecule has 2 fully saturated rings. The Hall–Kier alpha value is -2.70. The van der Waals surface area contributed by atoms with Gasteiger partial charge in [0.1, 0.15) is 0 Å². The number of aryl methyl sites for hydroxylation is 4. The second-order valence-corrected chi connectivity index (χ2v) is 12.7. The quantitative estimate of drug-likeness (QED) is 0.293. The van der Waals surface area contributed by atoms with Crippen molar-refractivity contribution < 1.29 is 14.1 Å². The monoisotopic (exact) mass is 561 g/mol. The number of unbranched alkanes of at least 4 members (excludes halogenated alkanes) is 1. The third kappa shape index (κ3) is 7.58. The predicted octanol–water partition coefficient (Wildman–Crippen LogP) is 6.91. The number of piperidine rings is 2. The van der Waals surface area contributed by atoms with Crippen LogP contribution in [0.4, 0.5) is 11.4 Å². The second-order valence-electron chi connectivity index (χ2n) is 12.7. The Morgan fingerprint density at radius 3 is 1.95 bits per heavy atom. The fraction of sp³-hybridized carbons (Fsp3) is 0.600. The molecule has 4 rings (SSSR count). The van der Waals surface area contributed by atoms with Gasteiger partial charge in [-0.15, -0.1) is 0 Å². The van der Waals surface area contributed by atoms with Crippen LogP contribution >= 0.6 is 0 Å². The van der Waals surface area contributed by atoms with Crippen molar-refractivity contribution >= 4 is 23.2 Å². The van der Waals surface area contributed by atoms with Crippen molar-refractivity contribution in [2.75, 3.05) is 43.4 Å². The summed E-state index contributed by atoms with van der Waals surface area (Å²) in [6, 6.07) is 12.3. The summed E-state index contributed by atoms with van der Waals surface area (Å²) >= 11 is 0. The number of hydrogen-bond donors (Lipinski definition) is 2. The van der Waals surface area contributed by atoms with Crippen LogP contribution in [0, 0.1) is 27.7 Å². The van der Waals surface area contributed by atoms with E-state index in [9.17, 15) is 9.59 Å². The maximum absolute atomic E-state index is 13.9. The minimum absolute atomic E-state index is 0.0150. The van der Waals surface area contributed by atoms with Crippen LogP contribution in [-0.4, -0.2) is 66.0 Å². The lowest BCUT2D eigenvalue weighted by Crippen LogP contribution is -2.63. The van der Waals surface area contributed by atoms with Gasteiger partial charge < -0.3 is 15.1 Å². The normalized spacial score (nSPS) is 23.2. The number of carbonyl (C=O) groups is 2. The van der Waals surface area contributed by atoms with Crippen molar-refractivity contribution in [2.24, 2.45) is 0 Å². The van der Waals surface area contributed by atoms with Gasteiger partial charge in [0.25, 0.3) is 5.91 Å². The smallest absolute Gasteiger partial charge is 0.282 e. The van der Waals surface area contributed by atoms with Crippen molar-refractivity contribution in [1.82, 2.24) is 4.90 Å². The Kier molecular flexibility index (Phi) is 11.0. The molecule has 2 aromatic carbocycles. The maximum atomic E-state index is 13.9. The molecule has 6 nitrogen and oxygen atoms in total. The van der Waals surface area contributed by atoms with E-state index in [0.29, 0.717) is 0 Å². The lowest BCUT2D eigenvalue weighted by Gasteiger charge is -2.47. The third-order valence-electron chi connectivity index (χ3n) is 9.68. The highest BCUT2D eigenvalue weighted by Crippen LogP contribution is 2.31. The first-order valence-electron chi connectivity index (χ1n) is 16.1. The van der Waals surface area contributed by atoms with Gasteiger partial charge in [0.05, 0.1) is 25.7 Å². The van der Waals surface area contributed by atoms with Gasteiger partial charge in [-0.2, -0.15) is 0 Å². The van der Waals surface area contributed by atoms with Crippen molar-refractivity contribution in [2.45, 2.75) is 104 Å². The van der Waals surface area contributed by atoms with Crippen molar-refractivity contribution in [1.29, 1.82) is 0 Å². The number of amides is 2. The summed E-state index contributed by atoms with van der Waals surface area (Å²) in [6.07, 6.45) is 9.67. The van der Waals surface area contributed by atoms with Gasteiger partial charge in [-0.1, -0.05) is 56.2 Å². The van der Waals surface area contributed by atoms with Crippen LogP contribution in [0.2, 0.25) is 0 Å². The number of quaternary nitrogens is 1. The standard InChI is InChI=1S/C35H52N4O2/c1-6-7-23-39(24-11-9-20-31(39)35(41)37-33-28(4)17-13-18-29(33)5)25-14-22-38-21-10-8-19-30(38)34(40)36-32-26(2)15-12-16-27(32)3/h12-13,15-18,30-31H,6-11,14,19-25H2,1-5H3,(H-,36,37,40,41)/p+1. The van der Waals surface area contributed by atoms with E-state index in [2.05, 4.69) is 80.5 Å². The summed E-state index contributed by atoms with van der Waals surface area (Å²) in [7, 11) is 0. The van der Waals surface area contributed by atoms with E-state index in [4.69, 9.17) is 0 Å². The van der Waals surface area contributed by atoms with E-state index in [-0.39, 0.29) is 23.9 Å². The first-order valence-corrected chi connectivity index (χ1v) is 16.1. The van der Waals surface area contributed by atoms with E-state index in [0.717, 1.165) is 122 Å². The van der Waals surface area contributed by atoms with Crippen LogP contribution in [0.15, 0.2) is 36.4 Å². The third-order valence-corrected chi connectivity index (χ3v) is 9.68. The molecule has 0 spiro atoms. The summed E-state index contributed by atoms with van der Waals surface area (Å²) in [5.74, 6) is 0.308. The number of likely N-dealkylation sites (tertiary alicyclic amines) is 2.